The summed E-state index contributed by atoms with van der Waals surface area (Å²) in [5, 5.41) is 7.97. The van der Waals surface area contributed by atoms with Crippen molar-refractivity contribution in [3.8, 4) is 22.6 Å². The smallest absolute Gasteiger partial charge is 0.260 e. The Morgan fingerprint density at radius 1 is 1.11 bits per heavy atom. The highest BCUT2D eigenvalue weighted by molar-refractivity contribution is 6.41. The van der Waals surface area contributed by atoms with Crippen LogP contribution in [0.15, 0.2) is 35.8 Å². The number of carbonyl (C=O) groups is 1. The zero-order valence-electron chi connectivity index (χ0n) is 25.0. The van der Waals surface area contributed by atoms with Crippen LogP contribution in [0.5, 0.6) is 11.5 Å². The van der Waals surface area contributed by atoms with Crippen molar-refractivity contribution in [2.75, 3.05) is 58.9 Å². The molecule has 236 valence electrons. The van der Waals surface area contributed by atoms with Crippen LogP contribution in [0.1, 0.15) is 25.7 Å². The Hall–Kier alpha value is -3.38. The number of benzene rings is 1. The van der Waals surface area contributed by atoms with Gasteiger partial charge in [-0.15, -0.1) is 0 Å². The van der Waals surface area contributed by atoms with Crippen LogP contribution in [0, 0.1) is 5.92 Å². The normalized spacial score (nSPS) is 16.2. The maximum atomic E-state index is 14.2. The largest absolute Gasteiger partial charge is 0.495 e. The van der Waals surface area contributed by atoms with Gasteiger partial charge in [-0.3, -0.25) is 14.2 Å². The van der Waals surface area contributed by atoms with E-state index < -0.39 is 0 Å². The number of anilines is 1. The van der Waals surface area contributed by atoms with Crippen molar-refractivity contribution < 1.29 is 19.0 Å². The van der Waals surface area contributed by atoms with Crippen LogP contribution in [-0.4, -0.2) is 85.0 Å². The lowest BCUT2D eigenvalue weighted by molar-refractivity contribution is -0.127. The van der Waals surface area contributed by atoms with Gasteiger partial charge in [0.25, 0.3) is 5.56 Å². The van der Waals surface area contributed by atoms with E-state index in [1.54, 1.807) is 27.8 Å². The molecule has 2 aliphatic heterocycles. The minimum Gasteiger partial charge on any atom is -0.495 e. The number of pyridine rings is 1. The number of likely N-dealkylation sites (tertiary alicyclic amines) is 1. The van der Waals surface area contributed by atoms with E-state index in [1.165, 1.54) is 20.3 Å². The van der Waals surface area contributed by atoms with Gasteiger partial charge in [0.05, 0.1) is 29.8 Å². The highest BCUT2D eigenvalue weighted by atomic mass is 35.5. The summed E-state index contributed by atoms with van der Waals surface area (Å²) in [6.45, 7) is 7.97. The Balaban J connectivity index is 1.47. The topological polar surface area (TPSA) is 120 Å². The standard InChI is InChI=1S/C31H38Cl2N6O5/c1-4-25(40)38-10-5-21(6-11-38)34-9-12-39-29-20(18-36-31(37-29)35-17-19-7-13-44-14-8-19)15-22(30(39)41)26-27(32)23(42-2)16-24(43-3)28(26)33/h4,15-16,18-19,21,34H,1,5-14,17H2,2-3H3,(H,35,36,37). The maximum absolute atomic E-state index is 14.2. The first-order chi connectivity index (χ1) is 21.3. The molecule has 0 aliphatic carbocycles. The number of methoxy groups -OCH3 is 2. The first-order valence-electron chi connectivity index (χ1n) is 14.8. The third-order valence-electron chi connectivity index (χ3n) is 8.31. The lowest BCUT2D eigenvalue weighted by atomic mass is 10.0. The lowest BCUT2D eigenvalue weighted by Gasteiger charge is -2.32. The van der Waals surface area contributed by atoms with Gasteiger partial charge in [0.1, 0.15) is 17.1 Å². The van der Waals surface area contributed by atoms with Gasteiger partial charge in [-0.05, 0) is 43.7 Å². The van der Waals surface area contributed by atoms with Crippen molar-refractivity contribution in [2.24, 2.45) is 5.92 Å². The highest BCUT2D eigenvalue weighted by Crippen LogP contribution is 2.45. The Labute approximate surface area is 266 Å². The van der Waals surface area contributed by atoms with Gasteiger partial charge in [0.2, 0.25) is 11.9 Å². The molecule has 0 radical (unpaired) electrons. The van der Waals surface area contributed by atoms with Crippen molar-refractivity contribution in [3.63, 3.8) is 0 Å². The van der Waals surface area contributed by atoms with E-state index in [0.717, 1.165) is 45.4 Å². The van der Waals surface area contributed by atoms with Crippen molar-refractivity contribution in [1.82, 2.24) is 24.8 Å². The van der Waals surface area contributed by atoms with E-state index >= 15 is 0 Å². The molecule has 2 aliphatic rings. The molecule has 4 heterocycles. The van der Waals surface area contributed by atoms with Crippen LogP contribution in [0.2, 0.25) is 10.0 Å². The predicted molar refractivity (Wildman–Crippen MR) is 172 cm³/mol. The van der Waals surface area contributed by atoms with Crippen molar-refractivity contribution in [1.29, 1.82) is 0 Å². The summed E-state index contributed by atoms with van der Waals surface area (Å²) in [4.78, 5) is 37.3. The monoisotopic (exact) mass is 644 g/mol. The first-order valence-corrected chi connectivity index (χ1v) is 15.6. The van der Waals surface area contributed by atoms with Gasteiger partial charge in [0, 0.05) is 75.2 Å². The lowest BCUT2D eigenvalue weighted by Crippen LogP contribution is -2.45. The number of hydrogen-bond donors (Lipinski definition) is 2. The fourth-order valence-corrected chi connectivity index (χ4v) is 6.46. The molecule has 0 bridgehead atoms. The third kappa shape index (κ3) is 6.96. The van der Waals surface area contributed by atoms with E-state index in [9.17, 15) is 9.59 Å². The average Bonchev–Trinajstić information content (AvgIpc) is 3.05. The molecule has 2 N–H and O–H groups in total. The van der Waals surface area contributed by atoms with Gasteiger partial charge in [-0.1, -0.05) is 29.8 Å². The van der Waals surface area contributed by atoms with Gasteiger partial charge < -0.3 is 29.7 Å². The maximum Gasteiger partial charge on any atom is 0.260 e. The second kappa shape index (κ2) is 14.6. The Bertz CT molecular complexity index is 1540. The summed E-state index contributed by atoms with van der Waals surface area (Å²) in [5.74, 6) is 1.54. The zero-order valence-corrected chi connectivity index (χ0v) is 26.5. The molecule has 5 rings (SSSR count). The van der Waals surface area contributed by atoms with Crippen molar-refractivity contribution in [2.45, 2.75) is 38.3 Å². The number of piperidine rings is 1. The average molecular weight is 646 g/mol. The molecule has 3 aromatic rings. The molecule has 1 aromatic carbocycles. The minimum absolute atomic E-state index is 0.0503. The number of hydrogen-bond acceptors (Lipinski definition) is 9. The number of aromatic nitrogens is 3. The zero-order chi connectivity index (χ0) is 31.2. The second-order valence-corrected chi connectivity index (χ2v) is 11.7. The fourth-order valence-electron chi connectivity index (χ4n) is 5.75. The number of nitrogens with zero attached hydrogens (tertiary/aromatic N) is 4. The van der Waals surface area contributed by atoms with Gasteiger partial charge in [0.15, 0.2) is 0 Å². The fraction of sp³-hybridized carbons (Fsp3) is 0.484. The number of amides is 1. The molecule has 2 aromatic heterocycles. The van der Waals surface area contributed by atoms with Crippen molar-refractivity contribution in [3.05, 3.63) is 51.4 Å². The van der Waals surface area contributed by atoms with Crippen LogP contribution in [0.4, 0.5) is 5.95 Å². The summed E-state index contributed by atoms with van der Waals surface area (Å²) in [6, 6.07) is 3.51. The summed E-state index contributed by atoms with van der Waals surface area (Å²) in [7, 11) is 2.98. The number of rotatable bonds is 11. The quantitative estimate of drug-likeness (QED) is 0.293. The SMILES string of the molecule is C=CC(=O)N1CCC(NCCn2c(=O)c(-c3c(Cl)c(OC)cc(OC)c3Cl)cc3cnc(NCC4CCOCC4)nc32)CC1. The number of carbonyl (C=O) groups excluding carboxylic acids is 1. The molecular weight excluding hydrogens is 607 g/mol. The number of ether oxygens (including phenoxy) is 3. The molecule has 0 saturated carbocycles. The first kappa shape index (κ1) is 32.0. The van der Waals surface area contributed by atoms with E-state index in [-0.39, 0.29) is 33.1 Å². The number of nitrogens with one attached hydrogen (secondary N) is 2. The van der Waals surface area contributed by atoms with Crippen LogP contribution in [-0.2, 0) is 16.1 Å². The van der Waals surface area contributed by atoms with Crippen LogP contribution in [0.3, 0.4) is 0 Å². The second-order valence-electron chi connectivity index (χ2n) is 11.0. The van der Waals surface area contributed by atoms with Crippen LogP contribution >= 0.6 is 23.2 Å². The Morgan fingerprint density at radius 3 is 2.43 bits per heavy atom. The molecule has 0 atom stereocenters. The van der Waals surface area contributed by atoms with Crippen LogP contribution < -0.4 is 25.7 Å². The van der Waals surface area contributed by atoms with Gasteiger partial charge in [-0.2, -0.15) is 4.98 Å². The Kier molecular flexibility index (Phi) is 10.6. The summed E-state index contributed by atoms with van der Waals surface area (Å²) in [6.07, 6.45) is 6.63. The van der Waals surface area contributed by atoms with Gasteiger partial charge >= 0.3 is 0 Å². The molecule has 1 amide bonds. The summed E-state index contributed by atoms with van der Waals surface area (Å²) < 4.78 is 18.0. The highest BCUT2D eigenvalue weighted by Gasteiger charge is 2.24. The predicted octanol–water partition coefficient (Wildman–Crippen LogP) is 4.39. The molecule has 2 saturated heterocycles. The van der Waals surface area contributed by atoms with Crippen LogP contribution in [0.25, 0.3) is 22.2 Å². The van der Waals surface area contributed by atoms with E-state index in [4.69, 9.17) is 42.4 Å². The third-order valence-corrected chi connectivity index (χ3v) is 9.06. The van der Waals surface area contributed by atoms with E-state index in [1.807, 2.05) is 0 Å². The summed E-state index contributed by atoms with van der Waals surface area (Å²) in [5.41, 5.74) is 0.795. The Morgan fingerprint density at radius 2 is 1.80 bits per heavy atom. The van der Waals surface area contributed by atoms with Crippen molar-refractivity contribution >= 4 is 46.1 Å². The van der Waals surface area contributed by atoms with Gasteiger partial charge in [-0.25, -0.2) is 4.98 Å². The number of halogens is 2. The minimum atomic E-state index is -0.307. The summed E-state index contributed by atoms with van der Waals surface area (Å²) >= 11 is 13.5. The molecule has 44 heavy (non-hydrogen) atoms. The molecule has 0 unspecified atom stereocenters. The number of fused-ring (bicyclic) bond motifs is 1. The molecule has 11 nitrogen and oxygen atoms in total. The molecule has 2 fully saturated rings. The molecule has 0 spiro atoms. The van der Waals surface area contributed by atoms with E-state index in [2.05, 4.69) is 22.2 Å². The van der Waals surface area contributed by atoms with E-state index in [0.29, 0.717) is 66.1 Å². The molecular formula is C31H38Cl2N6O5. The molecule has 13 heteroatoms.